The van der Waals surface area contributed by atoms with Crippen molar-refractivity contribution < 1.29 is 23.6 Å². The molecule has 0 aliphatic carbocycles. The number of carbonyl (C=O) groups excluding carboxylic acids is 1. The molecule has 1 aliphatic rings. The summed E-state index contributed by atoms with van der Waals surface area (Å²) in [6.07, 6.45) is 7.82. The number of benzene rings is 3. The van der Waals surface area contributed by atoms with Crippen LogP contribution in [-0.2, 0) is 35.2 Å². The van der Waals surface area contributed by atoms with Crippen molar-refractivity contribution in [3.05, 3.63) is 95.1 Å². The maximum Gasteiger partial charge on any atom is 0.335 e. The monoisotopic (exact) mass is 604 g/mol. The van der Waals surface area contributed by atoms with Crippen LogP contribution in [0.25, 0.3) is 0 Å². The molecular formula is C35H44N2O5S. The molecule has 0 radical (unpaired) electrons. The molecule has 4 rings (SSSR count). The average molecular weight is 605 g/mol. The minimum Gasteiger partial charge on any atom is -0.489 e. The van der Waals surface area contributed by atoms with Gasteiger partial charge in [0, 0.05) is 47.6 Å². The van der Waals surface area contributed by atoms with Crippen LogP contribution in [0.3, 0.4) is 0 Å². The molecule has 0 aromatic heterocycles. The van der Waals surface area contributed by atoms with Crippen molar-refractivity contribution in [2.75, 3.05) is 36.0 Å². The van der Waals surface area contributed by atoms with Gasteiger partial charge in [0.15, 0.2) is 0 Å². The molecule has 1 heterocycles. The van der Waals surface area contributed by atoms with Gasteiger partial charge in [-0.3, -0.25) is 9.00 Å². The Morgan fingerprint density at radius 2 is 1.58 bits per heavy atom. The molecule has 0 unspecified atom stereocenters. The van der Waals surface area contributed by atoms with Gasteiger partial charge in [-0.25, -0.2) is 4.79 Å². The van der Waals surface area contributed by atoms with Crippen LogP contribution in [0.15, 0.2) is 72.8 Å². The molecule has 3 aromatic carbocycles. The summed E-state index contributed by atoms with van der Waals surface area (Å²) in [5.74, 6) is 0.720. The molecule has 0 atom stereocenters. The van der Waals surface area contributed by atoms with Crippen molar-refractivity contribution in [2.24, 2.45) is 0 Å². The second-order valence-corrected chi connectivity index (χ2v) is 12.9. The Bertz CT molecular complexity index is 1340. The third-order valence-electron chi connectivity index (χ3n) is 7.87. The summed E-state index contributed by atoms with van der Waals surface area (Å²) in [7, 11) is -0.878. The quantitative estimate of drug-likeness (QED) is 0.189. The molecule has 230 valence electrons. The number of carbonyl (C=O) groups is 2. The van der Waals surface area contributed by atoms with E-state index in [1.165, 1.54) is 25.7 Å². The molecule has 1 aliphatic heterocycles. The van der Waals surface area contributed by atoms with Gasteiger partial charge in [0.1, 0.15) is 12.4 Å². The van der Waals surface area contributed by atoms with E-state index in [4.69, 9.17) is 4.74 Å². The number of aromatic carboxylic acids is 1. The number of nitrogens with zero attached hydrogens (tertiary/aromatic N) is 2. The minimum atomic E-state index is -0.989. The van der Waals surface area contributed by atoms with Crippen molar-refractivity contribution in [3.8, 4) is 5.75 Å². The first-order valence-corrected chi connectivity index (χ1v) is 16.9. The van der Waals surface area contributed by atoms with E-state index in [1.807, 2.05) is 65.6 Å². The van der Waals surface area contributed by atoms with E-state index in [9.17, 15) is 18.9 Å². The van der Waals surface area contributed by atoms with Crippen molar-refractivity contribution in [1.82, 2.24) is 4.90 Å². The molecule has 0 saturated carbocycles. The number of hydrogen-bond acceptors (Lipinski definition) is 5. The van der Waals surface area contributed by atoms with Gasteiger partial charge in [-0.1, -0.05) is 87.6 Å². The summed E-state index contributed by atoms with van der Waals surface area (Å²) < 4.78 is 17.9. The standard InChI is InChI=1S/C35H44N2O5S/c1-2-3-4-5-6-10-13-30-16-17-31(35(39)40)24-33(30)37(26-34(38)36-20-22-43(41)23-21-36)25-28-14-18-32(19-15-28)42-27-29-11-8-7-9-12-29/h7-9,11-12,14-19,24H,2-6,10,13,20-23,25-27H2,1H3,(H,39,40). The third kappa shape index (κ3) is 10.2. The van der Waals surface area contributed by atoms with Gasteiger partial charge in [-0.2, -0.15) is 0 Å². The Morgan fingerprint density at radius 1 is 0.884 bits per heavy atom. The van der Waals surface area contributed by atoms with Gasteiger partial charge in [-0.15, -0.1) is 0 Å². The van der Waals surface area contributed by atoms with Gasteiger partial charge in [0.25, 0.3) is 0 Å². The maximum atomic E-state index is 13.5. The lowest BCUT2D eigenvalue weighted by atomic mass is 10.0. The van der Waals surface area contributed by atoms with Crippen molar-refractivity contribution in [1.29, 1.82) is 0 Å². The Morgan fingerprint density at radius 3 is 2.28 bits per heavy atom. The smallest absolute Gasteiger partial charge is 0.335 e. The highest BCUT2D eigenvalue weighted by atomic mass is 32.2. The SMILES string of the molecule is CCCCCCCCc1ccc(C(=O)O)cc1N(CC(=O)N1CCS(=O)CC1)Cc1ccc(OCc2ccccc2)cc1. The summed E-state index contributed by atoms with van der Waals surface area (Å²) in [4.78, 5) is 29.3. The molecule has 1 amide bonds. The number of carboxylic acid groups (broad SMARTS) is 1. The van der Waals surface area contributed by atoms with E-state index < -0.39 is 16.8 Å². The van der Waals surface area contributed by atoms with E-state index in [-0.39, 0.29) is 18.0 Å². The fraction of sp³-hybridized carbons (Fsp3) is 0.429. The van der Waals surface area contributed by atoms with Crippen LogP contribution in [0.2, 0.25) is 0 Å². The lowest BCUT2D eigenvalue weighted by Gasteiger charge is -2.32. The molecule has 1 N–H and O–H groups in total. The second-order valence-electron chi connectivity index (χ2n) is 11.2. The van der Waals surface area contributed by atoms with Crippen LogP contribution in [0.5, 0.6) is 5.75 Å². The van der Waals surface area contributed by atoms with Gasteiger partial charge >= 0.3 is 5.97 Å². The Balaban J connectivity index is 1.54. The number of carboxylic acids is 1. The molecule has 0 bridgehead atoms. The highest BCUT2D eigenvalue weighted by Crippen LogP contribution is 2.28. The molecule has 43 heavy (non-hydrogen) atoms. The average Bonchev–Trinajstić information content (AvgIpc) is 3.03. The largest absolute Gasteiger partial charge is 0.489 e. The van der Waals surface area contributed by atoms with Crippen molar-refractivity contribution >= 4 is 28.4 Å². The second kappa shape index (κ2) is 16.8. The van der Waals surface area contributed by atoms with Crippen LogP contribution in [0.4, 0.5) is 5.69 Å². The van der Waals surface area contributed by atoms with Crippen LogP contribution < -0.4 is 9.64 Å². The molecule has 1 fully saturated rings. The highest BCUT2D eigenvalue weighted by molar-refractivity contribution is 7.85. The van der Waals surface area contributed by atoms with Crippen LogP contribution >= 0.6 is 0 Å². The minimum absolute atomic E-state index is 0.0363. The summed E-state index contributed by atoms with van der Waals surface area (Å²) in [6, 6.07) is 23.1. The third-order valence-corrected chi connectivity index (χ3v) is 9.15. The number of rotatable bonds is 16. The zero-order valence-electron chi connectivity index (χ0n) is 25.2. The van der Waals surface area contributed by atoms with Crippen LogP contribution in [0.1, 0.15) is 72.5 Å². The van der Waals surface area contributed by atoms with Gasteiger partial charge in [-0.05, 0) is 53.8 Å². The lowest BCUT2D eigenvalue weighted by Crippen LogP contribution is -2.46. The highest BCUT2D eigenvalue weighted by Gasteiger charge is 2.24. The number of ether oxygens (including phenoxy) is 1. The normalized spacial score (nSPS) is 13.6. The van der Waals surface area contributed by atoms with Crippen molar-refractivity contribution in [2.45, 2.75) is 65.0 Å². The fourth-order valence-electron chi connectivity index (χ4n) is 5.33. The fourth-order valence-corrected chi connectivity index (χ4v) is 6.38. The first-order chi connectivity index (χ1) is 20.9. The number of unbranched alkanes of at least 4 members (excludes halogenated alkanes) is 5. The van der Waals surface area contributed by atoms with E-state index in [1.54, 1.807) is 17.0 Å². The van der Waals surface area contributed by atoms with E-state index >= 15 is 0 Å². The van der Waals surface area contributed by atoms with E-state index in [2.05, 4.69) is 6.92 Å². The summed E-state index contributed by atoms with van der Waals surface area (Å²) in [6.45, 7) is 4.20. The Kier molecular flexibility index (Phi) is 12.6. The summed E-state index contributed by atoms with van der Waals surface area (Å²) in [5.41, 5.74) is 4.12. The number of hydrogen-bond donors (Lipinski definition) is 1. The summed E-state index contributed by atoms with van der Waals surface area (Å²) >= 11 is 0. The topological polar surface area (TPSA) is 87.2 Å². The first kappa shape index (κ1) is 32.3. The van der Waals surface area contributed by atoms with Crippen LogP contribution in [-0.4, -0.2) is 57.2 Å². The molecule has 1 saturated heterocycles. The molecule has 3 aromatic rings. The molecule has 0 spiro atoms. The van der Waals surface area contributed by atoms with E-state index in [0.29, 0.717) is 37.7 Å². The first-order valence-electron chi connectivity index (χ1n) is 15.4. The Hall–Kier alpha value is -3.65. The molecule has 8 heteroatoms. The predicted octanol–water partition coefficient (Wildman–Crippen LogP) is 6.46. The van der Waals surface area contributed by atoms with Gasteiger partial charge in [0.2, 0.25) is 5.91 Å². The van der Waals surface area contributed by atoms with Crippen LogP contribution in [0, 0.1) is 0 Å². The molecular weight excluding hydrogens is 560 g/mol. The maximum absolute atomic E-state index is 13.5. The number of anilines is 1. The van der Waals surface area contributed by atoms with Gasteiger partial charge in [0.05, 0.1) is 12.1 Å². The predicted molar refractivity (Wildman–Crippen MR) is 173 cm³/mol. The van der Waals surface area contributed by atoms with E-state index in [0.717, 1.165) is 47.4 Å². The lowest BCUT2D eigenvalue weighted by molar-refractivity contribution is -0.129. The van der Waals surface area contributed by atoms with Crippen molar-refractivity contribution in [3.63, 3.8) is 0 Å². The molecule has 7 nitrogen and oxygen atoms in total. The number of amides is 1. The number of aryl methyl sites for hydroxylation is 1. The van der Waals surface area contributed by atoms with Gasteiger partial charge < -0.3 is 19.6 Å². The zero-order chi connectivity index (χ0) is 30.4. The Labute approximate surface area is 258 Å². The zero-order valence-corrected chi connectivity index (χ0v) is 26.0. The summed E-state index contributed by atoms with van der Waals surface area (Å²) in [5, 5.41) is 9.81.